The third-order valence-corrected chi connectivity index (χ3v) is 2.21. The van der Waals surface area contributed by atoms with Crippen molar-refractivity contribution in [3.63, 3.8) is 0 Å². The van der Waals surface area contributed by atoms with E-state index < -0.39 is 0 Å². The third-order valence-electron chi connectivity index (χ3n) is 2.21. The van der Waals surface area contributed by atoms with Gasteiger partial charge >= 0.3 is 0 Å². The highest BCUT2D eigenvalue weighted by molar-refractivity contribution is 4.99. The van der Waals surface area contributed by atoms with E-state index in [2.05, 4.69) is 10.3 Å². The first kappa shape index (κ1) is 11.1. The van der Waals surface area contributed by atoms with E-state index in [0.717, 1.165) is 12.1 Å². The van der Waals surface area contributed by atoms with Gasteiger partial charge in [-0.2, -0.15) is 0 Å². The zero-order valence-corrected chi connectivity index (χ0v) is 8.97. The fourth-order valence-electron chi connectivity index (χ4n) is 1.20. The Hall–Kier alpha value is -0.940. The van der Waals surface area contributed by atoms with Crippen molar-refractivity contribution in [2.45, 2.75) is 32.4 Å². The molecule has 1 aromatic heterocycles. The fraction of sp³-hybridized carbons (Fsp3) is 0.778. The van der Waals surface area contributed by atoms with Crippen molar-refractivity contribution >= 4 is 0 Å². The number of nitrogens with two attached hydrogens (primary N) is 1. The second-order valence-corrected chi connectivity index (χ2v) is 3.44. The molecule has 0 aliphatic heterocycles. The molecule has 5 heteroatoms. The first-order chi connectivity index (χ1) is 6.69. The first-order valence-corrected chi connectivity index (χ1v) is 4.85. The zero-order valence-electron chi connectivity index (χ0n) is 8.97. The van der Waals surface area contributed by atoms with Gasteiger partial charge in [0.2, 0.25) is 0 Å². The van der Waals surface area contributed by atoms with E-state index in [1.165, 1.54) is 0 Å². The molecule has 1 aromatic rings. The van der Waals surface area contributed by atoms with E-state index in [1.807, 2.05) is 20.0 Å². The summed E-state index contributed by atoms with van der Waals surface area (Å²) < 4.78 is 6.82. The van der Waals surface area contributed by atoms with Crippen LogP contribution in [0.5, 0.6) is 0 Å². The molecule has 1 heterocycles. The fourth-order valence-corrected chi connectivity index (χ4v) is 1.20. The molecule has 5 nitrogen and oxygen atoms in total. The van der Waals surface area contributed by atoms with Crippen molar-refractivity contribution in [1.82, 2.24) is 15.0 Å². The Morgan fingerprint density at radius 2 is 2.36 bits per heavy atom. The SMILES string of the molecule is CCC(N)c1cn(C(C)COC)nn1. The standard InChI is InChI=1S/C9H18N4O/c1-4-8(10)9-5-13(12-11-9)7(2)6-14-3/h5,7-8H,4,6,10H2,1-3H3. The number of hydrogen-bond acceptors (Lipinski definition) is 4. The Kier molecular flexibility index (Phi) is 4.03. The maximum atomic E-state index is 5.83. The van der Waals surface area contributed by atoms with Gasteiger partial charge in [-0.3, -0.25) is 0 Å². The number of nitrogens with zero attached hydrogens (tertiary/aromatic N) is 3. The van der Waals surface area contributed by atoms with Crippen molar-refractivity contribution in [2.24, 2.45) is 5.73 Å². The molecule has 2 unspecified atom stereocenters. The summed E-state index contributed by atoms with van der Waals surface area (Å²) in [5, 5.41) is 8.03. The quantitative estimate of drug-likeness (QED) is 0.763. The topological polar surface area (TPSA) is 66.0 Å². The summed E-state index contributed by atoms with van der Waals surface area (Å²) >= 11 is 0. The van der Waals surface area contributed by atoms with Crippen LogP contribution < -0.4 is 5.73 Å². The minimum absolute atomic E-state index is 0.0153. The van der Waals surface area contributed by atoms with Crippen molar-refractivity contribution in [2.75, 3.05) is 13.7 Å². The molecular weight excluding hydrogens is 180 g/mol. The molecule has 0 amide bonds. The number of aromatic nitrogens is 3. The molecular formula is C9H18N4O. The summed E-state index contributed by atoms with van der Waals surface area (Å²) in [5.41, 5.74) is 6.68. The Labute approximate surface area is 84.2 Å². The summed E-state index contributed by atoms with van der Waals surface area (Å²) in [6, 6.07) is 0.184. The van der Waals surface area contributed by atoms with Crippen LogP contribution >= 0.6 is 0 Å². The highest BCUT2D eigenvalue weighted by atomic mass is 16.5. The molecule has 0 spiro atoms. The molecule has 0 bridgehead atoms. The number of hydrogen-bond donors (Lipinski definition) is 1. The molecule has 80 valence electrons. The van der Waals surface area contributed by atoms with Crippen LogP contribution in [-0.2, 0) is 4.74 Å². The Bertz CT molecular complexity index is 274. The molecule has 0 fully saturated rings. The maximum Gasteiger partial charge on any atom is 0.0994 e. The van der Waals surface area contributed by atoms with Crippen LogP contribution in [0.2, 0.25) is 0 Å². The molecule has 0 aliphatic carbocycles. The summed E-state index contributed by atoms with van der Waals surface area (Å²) in [6.45, 7) is 4.69. The van der Waals surface area contributed by atoms with E-state index >= 15 is 0 Å². The van der Waals surface area contributed by atoms with Gasteiger partial charge in [0.25, 0.3) is 0 Å². The minimum Gasteiger partial charge on any atom is -0.382 e. The highest BCUT2D eigenvalue weighted by Gasteiger charge is 2.11. The Morgan fingerprint density at radius 3 is 2.93 bits per heavy atom. The van der Waals surface area contributed by atoms with Crippen molar-refractivity contribution < 1.29 is 4.74 Å². The summed E-state index contributed by atoms with van der Waals surface area (Å²) in [6.07, 6.45) is 2.76. The van der Waals surface area contributed by atoms with Crippen LogP contribution in [0.15, 0.2) is 6.20 Å². The minimum atomic E-state index is -0.0153. The van der Waals surface area contributed by atoms with Gasteiger partial charge in [-0.05, 0) is 13.3 Å². The molecule has 0 saturated carbocycles. The largest absolute Gasteiger partial charge is 0.382 e. The third kappa shape index (κ3) is 2.52. The molecule has 2 N–H and O–H groups in total. The van der Waals surface area contributed by atoms with Gasteiger partial charge in [0, 0.05) is 7.11 Å². The monoisotopic (exact) mass is 198 g/mol. The molecule has 0 aliphatic rings. The van der Waals surface area contributed by atoms with Crippen LogP contribution in [0, 0.1) is 0 Å². The summed E-state index contributed by atoms with van der Waals surface area (Å²) in [4.78, 5) is 0. The predicted octanol–water partition coefficient (Wildman–Crippen LogP) is 0.895. The van der Waals surface area contributed by atoms with Gasteiger partial charge in [-0.25, -0.2) is 4.68 Å². The second kappa shape index (κ2) is 5.07. The highest BCUT2D eigenvalue weighted by Crippen LogP contribution is 2.11. The van der Waals surface area contributed by atoms with Crippen molar-refractivity contribution in [3.8, 4) is 0 Å². The number of ether oxygens (including phenoxy) is 1. The lowest BCUT2D eigenvalue weighted by molar-refractivity contribution is 0.156. The van der Waals surface area contributed by atoms with Gasteiger partial charge in [-0.1, -0.05) is 12.1 Å². The molecule has 2 atom stereocenters. The van der Waals surface area contributed by atoms with Gasteiger partial charge in [0.1, 0.15) is 0 Å². The number of methoxy groups -OCH3 is 1. The average Bonchev–Trinajstić information content (AvgIpc) is 2.66. The normalized spacial score (nSPS) is 15.4. The van der Waals surface area contributed by atoms with E-state index in [9.17, 15) is 0 Å². The van der Waals surface area contributed by atoms with Crippen molar-refractivity contribution in [3.05, 3.63) is 11.9 Å². The molecule has 0 saturated heterocycles. The number of rotatable bonds is 5. The van der Waals surface area contributed by atoms with E-state index in [1.54, 1.807) is 11.8 Å². The average molecular weight is 198 g/mol. The smallest absolute Gasteiger partial charge is 0.0994 e. The van der Waals surface area contributed by atoms with E-state index in [4.69, 9.17) is 10.5 Å². The predicted molar refractivity (Wildman–Crippen MR) is 53.8 cm³/mol. The van der Waals surface area contributed by atoms with Crippen LogP contribution in [0.25, 0.3) is 0 Å². The van der Waals surface area contributed by atoms with Gasteiger partial charge in [0.15, 0.2) is 0 Å². The summed E-state index contributed by atoms with van der Waals surface area (Å²) in [5.74, 6) is 0. The Morgan fingerprint density at radius 1 is 1.64 bits per heavy atom. The molecule has 0 radical (unpaired) electrons. The van der Waals surface area contributed by atoms with E-state index in [-0.39, 0.29) is 12.1 Å². The summed E-state index contributed by atoms with van der Waals surface area (Å²) in [7, 11) is 1.67. The lowest BCUT2D eigenvalue weighted by Crippen LogP contribution is -2.12. The second-order valence-electron chi connectivity index (χ2n) is 3.44. The van der Waals surface area contributed by atoms with Crippen LogP contribution in [0.4, 0.5) is 0 Å². The van der Waals surface area contributed by atoms with Crippen molar-refractivity contribution in [1.29, 1.82) is 0 Å². The maximum absolute atomic E-state index is 5.83. The van der Waals surface area contributed by atoms with Gasteiger partial charge in [0.05, 0.1) is 30.6 Å². The van der Waals surface area contributed by atoms with Gasteiger partial charge < -0.3 is 10.5 Å². The van der Waals surface area contributed by atoms with Crippen LogP contribution in [0.3, 0.4) is 0 Å². The lowest BCUT2D eigenvalue weighted by Gasteiger charge is -2.09. The van der Waals surface area contributed by atoms with Gasteiger partial charge in [-0.15, -0.1) is 5.10 Å². The molecule has 1 rings (SSSR count). The Balaban J connectivity index is 2.67. The molecule has 0 aromatic carbocycles. The lowest BCUT2D eigenvalue weighted by atomic mass is 10.2. The van der Waals surface area contributed by atoms with Crippen LogP contribution in [-0.4, -0.2) is 28.7 Å². The zero-order chi connectivity index (χ0) is 10.6. The molecule has 14 heavy (non-hydrogen) atoms. The first-order valence-electron chi connectivity index (χ1n) is 4.85. The van der Waals surface area contributed by atoms with Crippen LogP contribution in [0.1, 0.15) is 38.0 Å². The van der Waals surface area contributed by atoms with E-state index in [0.29, 0.717) is 6.61 Å².